The summed E-state index contributed by atoms with van der Waals surface area (Å²) in [6, 6.07) is 1.65. The fourth-order valence-corrected chi connectivity index (χ4v) is 3.02. The number of carbonyl (C=O) groups excluding carboxylic acids is 1. The second kappa shape index (κ2) is 6.48. The molecule has 3 rings (SSSR count). The molecular weight excluding hydrogens is 416 g/mol. The summed E-state index contributed by atoms with van der Waals surface area (Å²) in [7, 11) is 2.76. The van der Waals surface area contributed by atoms with E-state index in [0.29, 0.717) is 6.07 Å². The van der Waals surface area contributed by atoms with Crippen LogP contribution in [-0.4, -0.2) is 24.6 Å². The molecule has 2 heterocycles. The molecule has 8 nitrogen and oxygen atoms in total. The Kier molecular flexibility index (Phi) is 4.48. The molecule has 136 valence electrons. The van der Waals surface area contributed by atoms with E-state index < -0.39 is 28.8 Å². The van der Waals surface area contributed by atoms with Gasteiger partial charge in [-0.15, -0.1) is 0 Å². The van der Waals surface area contributed by atoms with Gasteiger partial charge in [0.15, 0.2) is 17.0 Å². The van der Waals surface area contributed by atoms with E-state index >= 15 is 0 Å². The number of fused-ring (bicyclic) bond motifs is 1. The lowest BCUT2D eigenvalue weighted by atomic mass is 10.3. The van der Waals surface area contributed by atoms with Gasteiger partial charge in [-0.05, 0) is 22.0 Å². The van der Waals surface area contributed by atoms with E-state index in [1.807, 2.05) is 0 Å². The average molecular weight is 428 g/mol. The van der Waals surface area contributed by atoms with Crippen LogP contribution in [0.1, 0.15) is 0 Å². The van der Waals surface area contributed by atoms with Crippen molar-refractivity contribution in [1.29, 1.82) is 0 Å². The number of halogens is 3. The molecule has 1 N–H and O–H groups in total. The molecule has 0 saturated carbocycles. The Morgan fingerprint density at radius 3 is 2.58 bits per heavy atom. The second-order valence-electron chi connectivity index (χ2n) is 5.54. The Hall–Kier alpha value is -2.82. The van der Waals surface area contributed by atoms with Gasteiger partial charge in [0.05, 0.1) is 12.0 Å². The first-order chi connectivity index (χ1) is 12.2. The second-order valence-corrected chi connectivity index (χ2v) is 6.40. The van der Waals surface area contributed by atoms with Gasteiger partial charge in [0, 0.05) is 24.6 Å². The maximum Gasteiger partial charge on any atom is 0.332 e. The molecular formula is C15H12BrF2N5O3. The summed E-state index contributed by atoms with van der Waals surface area (Å²) < 4.78 is 30.3. The molecule has 0 aliphatic rings. The number of hydrogen-bond acceptors (Lipinski definition) is 4. The van der Waals surface area contributed by atoms with Gasteiger partial charge >= 0.3 is 5.69 Å². The monoisotopic (exact) mass is 427 g/mol. The number of nitrogens with zero attached hydrogens (tertiary/aromatic N) is 4. The number of benzene rings is 1. The molecule has 0 aliphatic carbocycles. The molecule has 0 aliphatic heterocycles. The van der Waals surface area contributed by atoms with E-state index in [0.717, 1.165) is 10.6 Å². The van der Waals surface area contributed by atoms with E-state index in [1.165, 1.54) is 29.6 Å². The summed E-state index contributed by atoms with van der Waals surface area (Å²) in [5, 5.41) is 2.32. The molecule has 0 spiro atoms. The zero-order chi connectivity index (χ0) is 19.2. The molecule has 0 atom stereocenters. The van der Waals surface area contributed by atoms with Crippen molar-refractivity contribution in [3.8, 4) is 0 Å². The number of hydrogen-bond donors (Lipinski definition) is 1. The zero-order valence-corrected chi connectivity index (χ0v) is 15.2. The number of aromatic nitrogens is 4. The smallest absolute Gasteiger partial charge is 0.321 e. The lowest BCUT2D eigenvalue weighted by Crippen LogP contribution is -2.37. The summed E-state index contributed by atoms with van der Waals surface area (Å²) >= 11 is 2.98. The van der Waals surface area contributed by atoms with Gasteiger partial charge in [-0.2, -0.15) is 0 Å². The Balaban J connectivity index is 1.97. The highest BCUT2D eigenvalue weighted by Gasteiger charge is 2.17. The van der Waals surface area contributed by atoms with Crippen LogP contribution in [0.4, 0.5) is 14.5 Å². The van der Waals surface area contributed by atoms with Gasteiger partial charge in [0.2, 0.25) is 5.91 Å². The fraction of sp³-hybridized carbons (Fsp3) is 0.200. The molecule has 0 saturated heterocycles. The lowest BCUT2D eigenvalue weighted by Gasteiger charge is -2.10. The summed E-state index contributed by atoms with van der Waals surface area (Å²) in [6.45, 7) is -0.354. The summed E-state index contributed by atoms with van der Waals surface area (Å²) in [6.07, 6.45) is 1.24. The third-order valence-corrected chi connectivity index (χ3v) is 4.43. The largest absolute Gasteiger partial charge is 0.332 e. The van der Waals surface area contributed by atoms with Crippen LogP contribution in [0, 0.1) is 11.6 Å². The number of amides is 1. The van der Waals surface area contributed by atoms with Crippen LogP contribution in [0.15, 0.2) is 32.5 Å². The van der Waals surface area contributed by atoms with E-state index in [2.05, 4.69) is 26.2 Å². The topological polar surface area (TPSA) is 90.9 Å². The SMILES string of the molecule is Cn1c(=O)c2c(ncn2CC(=O)Nc2c(F)cc(F)cc2Br)n(C)c1=O. The van der Waals surface area contributed by atoms with Crippen molar-refractivity contribution in [2.45, 2.75) is 6.54 Å². The standard InChI is InChI=1S/C15H12BrF2N5O3/c1-21-13-12(14(25)22(2)15(21)26)23(6-19-13)5-10(24)20-11-8(16)3-7(17)4-9(11)18/h3-4,6H,5H2,1-2H3,(H,20,24). The van der Waals surface area contributed by atoms with Crippen molar-refractivity contribution < 1.29 is 13.6 Å². The van der Waals surface area contributed by atoms with Crippen molar-refractivity contribution >= 4 is 38.7 Å². The molecule has 0 fully saturated rings. The molecule has 0 unspecified atom stereocenters. The van der Waals surface area contributed by atoms with Gasteiger partial charge in [0.1, 0.15) is 12.4 Å². The Morgan fingerprint density at radius 2 is 1.92 bits per heavy atom. The molecule has 0 bridgehead atoms. The van der Waals surface area contributed by atoms with E-state index in [-0.39, 0.29) is 27.9 Å². The molecule has 0 radical (unpaired) electrons. The van der Waals surface area contributed by atoms with Crippen LogP contribution < -0.4 is 16.6 Å². The average Bonchev–Trinajstić information content (AvgIpc) is 2.98. The van der Waals surface area contributed by atoms with Crippen LogP contribution in [0.25, 0.3) is 11.2 Å². The number of anilines is 1. The first-order valence-electron chi connectivity index (χ1n) is 7.26. The van der Waals surface area contributed by atoms with E-state index in [1.54, 1.807) is 0 Å². The summed E-state index contributed by atoms with van der Waals surface area (Å²) in [4.78, 5) is 40.4. The molecule has 3 aromatic rings. The van der Waals surface area contributed by atoms with Crippen LogP contribution >= 0.6 is 15.9 Å². The lowest BCUT2D eigenvalue weighted by molar-refractivity contribution is -0.116. The maximum atomic E-state index is 13.8. The number of rotatable bonds is 3. The van der Waals surface area contributed by atoms with Gasteiger partial charge in [0.25, 0.3) is 5.56 Å². The molecule has 2 aromatic heterocycles. The Morgan fingerprint density at radius 1 is 1.23 bits per heavy atom. The maximum absolute atomic E-state index is 13.8. The predicted molar refractivity (Wildman–Crippen MR) is 92.9 cm³/mol. The summed E-state index contributed by atoms with van der Waals surface area (Å²) in [5.74, 6) is -2.40. The predicted octanol–water partition coefficient (Wildman–Crippen LogP) is 1.11. The summed E-state index contributed by atoms with van der Waals surface area (Å²) in [5.41, 5.74) is -1.19. The normalized spacial score (nSPS) is 11.1. The minimum atomic E-state index is -0.945. The van der Waals surface area contributed by atoms with Gasteiger partial charge in [-0.3, -0.25) is 18.7 Å². The van der Waals surface area contributed by atoms with Crippen molar-refractivity contribution in [3.05, 3.63) is 55.4 Å². The van der Waals surface area contributed by atoms with Crippen LogP contribution in [-0.2, 0) is 25.4 Å². The van der Waals surface area contributed by atoms with Crippen LogP contribution in [0.5, 0.6) is 0 Å². The minimum absolute atomic E-state index is 0.0390. The van der Waals surface area contributed by atoms with Crippen molar-refractivity contribution in [1.82, 2.24) is 18.7 Å². The van der Waals surface area contributed by atoms with Crippen molar-refractivity contribution in [3.63, 3.8) is 0 Å². The van der Waals surface area contributed by atoms with Crippen molar-refractivity contribution in [2.75, 3.05) is 5.32 Å². The van der Waals surface area contributed by atoms with Gasteiger partial charge < -0.3 is 9.88 Å². The van der Waals surface area contributed by atoms with Crippen LogP contribution in [0.2, 0.25) is 0 Å². The number of nitrogens with one attached hydrogen (secondary N) is 1. The first-order valence-corrected chi connectivity index (χ1v) is 8.05. The number of carbonyl (C=O) groups is 1. The number of imidazole rings is 1. The first kappa shape index (κ1) is 18.0. The molecule has 11 heteroatoms. The highest BCUT2D eigenvalue weighted by Crippen LogP contribution is 2.26. The van der Waals surface area contributed by atoms with Gasteiger partial charge in [-0.25, -0.2) is 18.6 Å². The third-order valence-electron chi connectivity index (χ3n) is 3.80. The van der Waals surface area contributed by atoms with E-state index in [4.69, 9.17) is 0 Å². The van der Waals surface area contributed by atoms with Crippen LogP contribution in [0.3, 0.4) is 0 Å². The minimum Gasteiger partial charge on any atom is -0.321 e. The molecule has 1 amide bonds. The Bertz CT molecular complexity index is 1140. The highest BCUT2D eigenvalue weighted by atomic mass is 79.9. The Labute approximate surface area is 152 Å². The fourth-order valence-electron chi connectivity index (χ4n) is 2.51. The third kappa shape index (κ3) is 2.94. The van der Waals surface area contributed by atoms with Crippen molar-refractivity contribution in [2.24, 2.45) is 14.1 Å². The molecule has 1 aromatic carbocycles. The highest BCUT2D eigenvalue weighted by molar-refractivity contribution is 9.10. The molecule has 26 heavy (non-hydrogen) atoms. The quantitative estimate of drug-likeness (QED) is 0.677. The number of aryl methyl sites for hydroxylation is 1. The van der Waals surface area contributed by atoms with E-state index in [9.17, 15) is 23.2 Å². The van der Waals surface area contributed by atoms with Gasteiger partial charge in [-0.1, -0.05) is 0 Å². The zero-order valence-electron chi connectivity index (χ0n) is 13.6.